The lowest BCUT2D eigenvalue weighted by Crippen LogP contribution is -2.19. The summed E-state index contributed by atoms with van der Waals surface area (Å²) < 4.78 is 1.69. The average molecular weight is 231 g/mol. The number of hydrogen-bond acceptors (Lipinski definition) is 3. The number of aromatic nitrogens is 4. The van der Waals surface area contributed by atoms with Gasteiger partial charge in [0.25, 0.3) is 0 Å². The molecule has 0 saturated carbocycles. The minimum atomic E-state index is -0.146. The third-order valence-corrected chi connectivity index (χ3v) is 2.29. The highest BCUT2D eigenvalue weighted by atomic mass is 16.1. The average Bonchev–Trinajstić information content (AvgIpc) is 2.95. The molecule has 0 saturated heterocycles. The fraction of sp³-hybridized carbons (Fsp3) is 0.182. The molecule has 1 amide bonds. The van der Waals surface area contributed by atoms with Gasteiger partial charge in [-0.05, 0) is 12.1 Å². The van der Waals surface area contributed by atoms with E-state index in [0.29, 0.717) is 6.54 Å². The van der Waals surface area contributed by atoms with Gasteiger partial charge in [0.2, 0.25) is 5.91 Å². The van der Waals surface area contributed by atoms with Crippen LogP contribution in [0.3, 0.4) is 0 Å². The molecule has 0 fully saturated rings. The number of nitrogens with one attached hydrogen (secondary N) is 2. The van der Waals surface area contributed by atoms with E-state index in [4.69, 9.17) is 0 Å². The van der Waals surface area contributed by atoms with Gasteiger partial charge in [-0.2, -0.15) is 10.2 Å². The number of aromatic amines is 1. The summed E-state index contributed by atoms with van der Waals surface area (Å²) in [6, 6.07) is 1.83. The normalized spacial score (nSPS) is 10.9. The van der Waals surface area contributed by atoms with Crippen LogP contribution in [0, 0.1) is 0 Å². The lowest BCUT2D eigenvalue weighted by Gasteiger charge is -1.98. The largest absolute Gasteiger partial charge is 0.348 e. The molecule has 0 radical (unpaired) electrons. The molecule has 2 heterocycles. The van der Waals surface area contributed by atoms with E-state index in [0.717, 1.165) is 11.3 Å². The van der Waals surface area contributed by atoms with Crippen LogP contribution >= 0.6 is 0 Å². The quantitative estimate of drug-likeness (QED) is 0.751. The first kappa shape index (κ1) is 11.1. The van der Waals surface area contributed by atoms with Crippen LogP contribution in [0.25, 0.3) is 6.08 Å². The number of hydrogen-bond donors (Lipinski definition) is 2. The van der Waals surface area contributed by atoms with Crippen molar-refractivity contribution in [2.75, 3.05) is 0 Å². The van der Waals surface area contributed by atoms with Crippen LogP contribution in [0.4, 0.5) is 0 Å². The first-order chi connectivity index (χ1) is 8.25. The second-order valence-electron chi connectivity index (χ2n) is 3.54. The summed E-state index contributed by atoms with van der Waals surface area (Å²) in [6.45, 7) is 0.463. The first-order valence-corrected chi connectivity index (χ1v) is 5.17. The Bertz CT molecular complexity index is 512. The lowest BCUT2D eigenvalue weighted by molar-refractivity contribution is -0.116. The van der Waals surface area contributed by atoms with Crippen LogP contribution in [0.5, 0.6) is 0 Å². The molecule has 0 bridgehead atoms. The molecule has 88 valence electrons. The highest BCUT2D eigenvalue weighted by Crippen LogP contribution is 1.99. The Kier molecular flexibility index (Phi) is 3.34. The standard InChI is InChI=1S/C11H13N5O/c1-16-10(4-5-15-16)2-3-11(17)12-6-9-7-13-14-8-9/h2-5,7-8H,6H2,1H3,(H,12,17)(H,13,14)/b3-2+. The molecule has 2 N–H and O–H groups in total. The van der Waals surface area contributed by atoms with Gasteiger partial charge in [0.05, 0.1) is 11.9 Å². The zero-order valence-electron chi connectivity index (χ0n) is 9.42. The number of rotatable bonds is 4. The van der Waals surface area contributed by atoms with Crippen LogP contribution < -0.4 is 5.32 Å². The summed E-state index contributed by atoms with van der Waals surface area (Å²) >= 11 is 0. The van der Waals surface area contributed by atoms with Gasteiger partial charge in [0, 0.05) is 37.6 Å². The Hall–Kier alpha value is -2.37. The van der Waals surface area contributed by atoms with Gasteiger partial charge in [0.15, 0.2) is 0 Å². The van der Waals surface area contributed by atoms with E-state index in [1.165, 1.54) is 6.08 Å². The highest BCUT2D eigenvalue weighted by Gasteiger charge is 1.98. The fourth-order valence-corrected chi connectivity index (χ4v) is 1.33. The monoisotopic (exact) mass is 231 g/mol. The van der Waals surface area contributed by atoms with Crippen LogP contribution in [-0.4, -0.2) is 25.9 Å². The predicted octanol–water partition coefficient (Wildman–Crippen LogP) is 0.473. The molecule has 0 aromatic carbocycles. The molecule has 2 rings (SSSR count). The molecular weight excluding hydrogens is 218 g/mol. The van der Waals surface area contributed by atoms with Crippen molar-refractivity contribution in [3.63, 3.8) is 0 Å². The fourth-order valence-electron chi connectivity index (χ4n) is 1.33. The third kappa shape index (κ3) is 3.04. The number of aryl methyl sites for hydroxylation is 1. The van der Waals surface area contributed by atoms with Gasteiger partial charge in [0.1, 0.15) is 0 Å². The smallest absolute Gasteiger partial charge is 0.244 e. The Morgan fingerprint density at radius 3 is 3.18 bits per heavy atom. The van der Waals surface area contributed by atoms with Crippen LogP contribution in [-0.2, 0) is 18.4 Å². The molecule has 0 aliphatic heterocycles. The van der Waals surface area contributed by atoms with Crippen LogP contribution in [0.2, 0.25) is 0 Å². The molecular formula is C11H13N5O. The molecule has 0 atom stereocenters. The van der Waals surface area contributed by atoms with Gasteiger partial charge >= 0.3 is 0 Å². The summed E-state index contributed by atoms with van der Waals surface area (Å²) in [5, 5.41) is 13.2. The maximum Gasteiger partial charge on any atom is 0.244 e. The Balaban J connectivity index is 1.85. The number of amides is 1. The van der Waals surface area contributed by atoms with E-state index < -0.39 is 0 Å². The van der Waals surface area contributed by atoms with E-state index in [1.54, 1.807) is 29.3 Å². The van der Waals surface area contributed by atoms with Gasteiger partial charge in [-0.1, -0.05) is 0 Å². The van der Waals surface area contributed by atoms with Crippen molar-refractivity contribution < 1.29 is 4.79 Å². The van der Waals surface area contributed by atoms with Gasteiger partial charge in [-0.3, -0.25) is 14.6 Å². The van der Waals surface area contributed by atoms with Gasteiger partial charge in [-0.15, -0.1) is 0 Å². The number of carbonyl (C=O) groups excluding carboxylic acids is 1. The Morgan fingerprint density at radius 2 is 2.53 bits per heavy atom. The van der Waals surface area contributed by atoms with E-state index in [-0.39, 0.29) is 5.91 Å². The van der Waals surface area contributed by atoms with E-state index in [2.05, 4.69) is 20.6 Å². The summed E-state index contributed by atoms with van der Waals surface area (Å²) in [5.41, 5.74) is 1.82. The van der Waals surface area contributed by atoms with Crippen molar-refractivity contribution >= 4 is 12.0 Å². The predicted molar refractivity (Wildman–Crippen MR) is 62.7 cm³/mol. The van der Waals surface area contributed by atoms with Gasteiger partial charge in [-0.25, -0.2) is 0 Å². The minimum Gasteiger partial charge on any atom is -0.348 e. The molecule has 6 heteroatoms. The molecule has 6 nitrogen and oxygen atoms in total. The van der Waals surface area contributed by atoms with E-state index in [9.17, 15) is 4.79 Å². The number of nitrogens with zero attached hydrogens (tertiary/aromatic N) is 3. The second-order valence-corrected chi connectivity index (χ2v) is 3.54. The summed E-state index contributed by atoms with van der Waals surface area (Å²) in [4.78, 5) is 11.5. The Labute approximate surface area is 98.3 Å². The number of H-pyrrole nitrogens is 1. The highest BCUT2D eigenvalue weighted by molar-refractivity contribution is 5.91. The first-order valence-electron chi connectivity index (χ1n) is 5.17. The van der Waals surface area contributed by atoms with Crippen molar-refractivity contribution in [3.05, 3.63) is 42.0 Å². The summed E-state index contributed by atoms with van der Waals surface area (Å²) in [6.07, 6.45) is 8.30. The Morgan fingerprint density at radius 1 is 1.65 bits per heavy atom. The van der Waals surface area contributed by atoms with Crippen LogP contribution in [0.15, 0.2) is 30.7 Å². The second kappa shape index (κ2) is 5.11. The lowest BCUT2D eigenvalue weighted by atomic mass is 10.3. The molecule has 2 aromatic rings. The molecule has 17 heavy (non-hydrogen) atoms. The topological polar surface area (TPSA) is 75.6 Å². The van der Waals surface area contributed by atoms with E-state index in [1.807, 2.05) is 13.1 Å². The molecule has 0 spiro atoms. The SMILES string of the molecule is Cn1nccc1/C=C/C(=O)NCc1cn[nH]c1. The molecule has 0 unspecified atom stereocenters. The third-order valence-electron chi connectivity index (χ3n) is 2.29. The van der Waals surface area contributed by atoms with Gasteiger partial charge < -0.3 is 5.32 Å². The van der Waals surface area contributed by atoms with Crippen LogP contribution in [0.1, 0.15) is 11.3 Å². The number of carbonyl (C=O) groups is 1. The molecule has 0 aliphatic rings. The maximum absolute atomic E-state index is 11.5. The molecule has 0 aliphatic carbocycles. The van der Waals surface area contributed by atoms with Crippen molar-refractivity contribution in [3.8, 4) is 0 Å². The summed E-state index contributed by atoms with van der Waals surface area (Å²) in [5.74, 6) is -0.146. The van der Waals surface area contributed by atoms with Crippen molar-refractivity contribution in [1.29, 1.82) is 0 Å². The summed E-state index contributed by atoms with van der Waals surface area (Å²) in [7, 11) is 1.82. The zero-order chi connectivity index (χ0) is 12.1. The van der Waals surface area contributed by atoms with Crippen molar-refractivity contribution in [2.45, 2.75) is 6.54 Å². The van der Waals surface area contributed by atoms with Crippen molar-refractivity contribution in [2.24, 2.45) is 7.05 Å². The maximum atomic E-state index is 11.5. The molecule has 2 aromatic heterocycles. The van der Waals surface area contributed by atoms with E-state index >= 15 is 0 Å². The minimum absolute atomic E-state index is 0.146. The van der Waals surface area contributed by atoms with Crippen molar-refractivity contribution in [1.82, 2.24) is 25.3 Å². The zero-order valence-corrected chi connectivity index (χ0v) is 9.42.